The van der Waals surface area contributed by atoms with E-state index in [0.29, 0.717) is 12.6 Å². The first kappa shape index (κ1) is 5.23. The monoisotopic (exact) mass is 126 g/mol. The summed E-state index contributed by atoms with van der Waals surface area (Å²) in [5, 5.41) is 3.07. The zero-order chi connectivity index (χ0) is 6.27. The molecule has 2 heterocycles. The number of carbonyl (C=O) groups excluding carboxylic acids is 1. The number of fused-ring (bicyclic) bond motifs is 1. The van der Waals surface area contributed by atoms with Crippen molar-refractivity contribution in [2.24, 2.45) is 0 Å². The van der Waals surface area contributed by atoms with Gasteiger partial charge in [-0.05, 0) is 6.42 Å². The lowest BCUT2D eigenvalue weighted by molar-refractivity contribution is -0.140. The van der Waals surface area contributed by atoms with Crippen LogP contribution in [0.1, 0.15) is 6.42 Å². The van der Waals surface area contributed by atoms with Gasteiger partial charge in [0.25, 0.3) is 0 Å². The molecule has 0 saturated carbocycles. The van der Waals surface area contributed by atoms with Crippen molar-refractivity contribution in [2.45, 2.75) is 12.5 Å². The molecule has 1 N–H and O–H groups in total. The normalized spacial score (nSPS) is 33.6. The molecule has 1 amide bonds. The lowest BCUT2D eigenvalue weighted by Gasteiger charge is -2.44. The molecular formula is C6H10N2O. The summed E-state index contributed by atoms with van der Waals surface area (Å²) in [5.74, 6) is 0.275. The van der Waals surface area contributed by atoms with Crippen molar-refractivity contribution < 1.29 is 4.79 Å². The average molecular weight is 126 g/mol. The minimum Gasteiger partial charge on any atom is -0.337 e. The number of nitrogens with zero attached hydrogens (tertiary/aromatic N) is 1. The van der Waals surface area contributed by atoms with E-state index in [1.54, 1.807) is 0 Å². The fourth-order valence-electron chi connectivity index (χ4n) is 1.43. The fraction of sp³-hybridized carbons (Fsp3) is 0.833. The molecule has 1 unspecified atom stereocenters. The van der Waals surface area contributed by atoms with Gasteiger partial charge in [0.05, 0.1) is 6.54 Å². The quantitative estimate of drug-likeness (QED) is 0.460. The maximum atomic E-state index is 10.9. The third kappa shape index (κ3) is 0.645. The van der Waals surface area contributed by atoms with E-state index in [1.165, 1.54) is 6.42 Å². The minimum absolute atomic E-state index is 0.275. The van der Waals surface area contributed by atoms with Crippen LogP contribution in [0, 0.1) is 0 Å². The molecule has 2 aliphatic heterocycles. The topological polar surface area (TPSA) is 32.3 Å². The molecule has 0 aromatic carbocycles. The molecule has 0 aliphatic carbocycles. The fourth-order valence-corrected chi connectivity index (χ4v) is 1.43. The van der Waals surface area contributed by atoms with Crippen LogP contribution in [0.25, 0.3) is 0 Å². The second-order valence-corrected chi connectivity index (χ2v) is 2.66. The van der Waals surface area contributed by atoms with E-state index in [4.69, 9.17) is 0 Å². The Morgan fingerprint density at radius 1 is 1.67 bits per heavy atom. The molecule has 2 saturated heterocycles. The molecule has 0 aromatic heterocycles. The zero-order valence-electron chi connectivity index (χ0n) is 5.26. The van der Waals surface area contributed by atoms with Crippen molar-refractivity contribution in [1.82, 2.24) is 10.2 Å². The highest BCUT2D eigenvalue weighted by atomic mass is 16.2. The number of piperazine rings is 1. The number of rotatable bonds is 0. The van der Waals surface area contributed by atoms with Crippen LogP contribution < -0.4 is 5.32 Å². The van der Waals surface area contributed by atoms with Gasteiger partial charge in [-0.25, -0.2) is 0 Å². The summed E-state index contributed by atoms with van der Waals surface area (Å²) in [5.41, 5.74) is 0. The number of amides is 1. The van der Waals surface area contributed by atoms with Crippen LogP contribution in [0.2, 0.25) is 0 Å². The Kier molecular flexibility index (Phi) is 0.990. The van der Waals surface area contributed by atoms with Crippen molar-refractivity contribution >= 4 is 5.91 Å². The molecule has 3 heteroatoms. The molecular weight excluding hydrogens is 116 g/mol. The zero-order valence-corrected chi connectivity index (χ0v) is 5.26. The van der Waals surface area contributed by atoms with Crippen molar-refractivity contribution in [3.63, 3.8) is 0 Å². The van der Waals surface area contributed by atoms with Crippen LogP contribution in [-0.4, -0.2) is 36.5 Å². The second kappa shape index (κ2) is 1.70. The van der Waals surface area contributed by atoms with Crippen molar-refractivity contribution in [2.75, 3.05) is 19.6 Å². The van der Waals surface area contributed by atoms with E-state index >= 15 is 0 Å². The maximum Gasteiger partial charge on any atom is 0.236 e. The maximum absolute atomic E-state index is 10.9. The van der Waals surface area contributed by atoms with Gasteiger partial charge in [0.2, 0.25) is 5.91 Å². The molecule has 0 aromatic rings. The summed E-state index contributed by atoms with van der Waals surface area (Å²) in [6.45, 7) is 2.55. The van der Waals surface area contributed by atoms with Gasteiger partial charge in [-0.15, -0.1) is 0 Å². The molecule has 0 radical (unpaired) electrons. The van der Waals surface area contributed by atoms with Gasteiger partial charge in [-0.2, -0.15) is 0 Å². The second-order valence-electron chi connectivity index (χ2n) is 2.66. The Bertz CT molecular complexity index is 146. The van der Waals surface area contributed by atoms with Crippen LogP contribution >= 0.6 is 0 Å². The summed E-state index contributed by atoms with van der Waals surface area (Å²) < 4.78 is 0. The Balaban J connectivity index is 2.06. The Labute approximate surface area is 54.0 Å². The molecule has 1 atom stereocenters. The first-order chi connectivity index (χ1) is 4.38. The first-order valence-electron chi connectivity index (χ1n) is 3.38. The van der Waals surface area contributed by atoms with Crippen LogP contribution in [0.3, 0.4) is 0 Å². The first-order valence-corrected chi connectivity index (χ1v) is 3.38. The molecule has 0 spiro atoms. The summed E-state index contributed by atoms with van der Waals surface area (Å²) in [6.07, 6.45) is 1.19. The van der Waals surface area contributed by atoms with E-state index < -0.39 is 0 Å². The van der Waals surface area contributed by atoms with Crippen LogP contribution in [0.4, 0.5) is 0 Å². The Hall–Kier alpha value is -0.570. The highest BCUT2D eigenvalue weighted by Gasteiger charge is 2.34. The molecule has 0 bridgehead atoms. The Morgan fingerprint density at radius 3 is 3.00 bits per heavy atom. The predicted octanol–water partition coefficient (Wildman–Crippen LogP) is -0.809. The lowest BCUT2D eigenvalue weighted by atomic mass is 10.0. The molecule has 3 nitrogen and oxygen atoms in total. The minimum atomic E-state index is 0.275. The van der Waals surface area contributed by atoms with E-state index in [-0.39, 0.29) is 5.91 Å². The van der Waals surface area contributed by atoms with Gasteiger partial charge >= 0.3 is 0 Å². The van der Waals surface area contributed by atoms with Gasteiger partial charge in [-0.3, -0.25) is 4.79 Å². The van der Waals surface area contributed by atoms with Crippen molar-refractivity contribution in [1.29, 1.82) is 0 Å². The standard InChI is InChI=1S/C6H10N2O/c9-6-4-7-3-5-1-2-8(5)6/h5,7H,1-4H2. The van der Waals surface area contributed by atoms with E-state index in [9.17, 15) is 4.79 Å². The molecule has 9 heavy (non-hydrogen) atoms. The highest BCUT2D eigenvalue weighted by molar-refractivity contribution is 5.80. The molecule has 2 rings (SSSR count). The van der Waals surface area contributed by atoms with Crippen LogP contribution in [0.15, 0.2) is 0 Å². The highest BCUT2D eigenvalue weighted by Crippen LogP contribution is 2.18. The van der Waals surface area contributed by atoms with Crippen molar-refractivity contribution in [3.05, 3.63) is 0 Å². The van der Waals surface area contributed by atoms with Gasteiger partial charge in [0, 0.05) is 19.1 Å². The Morgan fingerprint density at radius 2 is 2.56 bits per heavy atom. The summed E-state index contributed by atoms with van der Waals surface area (Å²) in [6, 6.07) is 0.534. The average Bonchev–Trinajstić information content (AvgIpc) is 1.74. The van der Waals surface area contributed by atoms with Crippen LogP contribution in [0.5, 0.6) is 0 Å². The summed E-state index contributed by atoms with van der Waals surface area (Å²) >= 11 is 0. The smallest absolute Gasteiger partial charge is 0.236 e. The third-order valence-electron chi connectivity index (χ3n) is 2.12. The number of hydrogen-bond donors (Lipinski definition) is 1. The van der Waals surface area contributed by atoms with Crippen molar-refractivity contribution in [3.8, 4) is 0 Å². The van der Waals surface area contributed by atoms with Crippen LogP contribution in [-0.2, 0) is 4.79 Å². The molecule has 2 fully saturated rings. The molecule has 50 valence electrons. The summed E-state index contributed by atoms with van der Waals surface area (Å²) in [7, 11) is 0. The number of hydrogen-bond acceptors (Lipinski definition) is 2. The largest absolute Gasteiger partial charge is 0.337 e. The van der Waals surface area contributed by atoms with Gasteiger partial charge in [-0.1, -0.05) is 0 Å². The number of nitrogens with one attached hydrogen (secondary N) is 1. The van der Waals surface area contributed by atoms with Gasteiger partial charge in [0.1, 0.15) is 0 Å². The SMILES string of the molecule is O=C1CNCC2CCN12. The van der Waals surface area contributed by atoms with Gasteiger partial charge in [0.15, 0.2) is 0 Å². The predicted molar refractivity (Wildman–Crippen MR) is 33.0 cm³/mol. The van der Waals surface area contributed by atoms with E-state index in [1.807, 2.05) is 4.90 Å². The molecule has 2 aliphatic rings. The summed E-state index contributed by atoms with van der Waals surface area (Å²) in [4.78, 5) is 12.9. The van der Waals surface area contributed by atoms with E-state index in [2.05, 4.69) is 5.32 Å². The van der Waals surface area contributed by atoms with E-state index in [0.717, 1.165) is 13.1 Å². The number of carbonyl (C=O) groups is 1. The lowest BCUT2D eigenvalue weighted by Crippen LogP contribution is -2.62. The third-order valence-corrected chi connectivity index (χ3v) is 2.12. The van der Waals surface area contributed by atoms with Gasteiger partial charge < -0.3 is 10.2 Å².